The molecule has 0 spiro atoms. The van der Waals surface area contributed by atoms with Gasteiger partial charge in [0, 0.05) is 5.56 Å². The molecule has 7 heteroatoms. The van der Waals surface area contributed by atoms with Crippen molar-refractivity contribution in [2.75, 3.05) is 12.0 Å². The molecule has 3 aromatic rings. The van der Waals surface area contributed by atoms with Gasteiger partial charge in [-0.2, -0.15) is 0 Å². The van der Waals surface area contributed by atoms with Crippen molar-refractivity contribution in [1.29, 1.82) is 0 Å². The van der Waals surface area contributed by atoms with Gasteiger partial charge in [-0.15, -0.1) is 6.58 Å². The van der Waals surface area contributed by atoms with E-state index < -0.39 is 17.8 Å². The van der Waals surface area contributed by atoms with Gasteiger partial charge in [0.2, 0.25) is 0 Å². The maximum atomic E-state index is 13.3. The predicted molar refractivity (Wildman–Crippen MR) is 147 cm³/mol. The molecule has 1 aliphatic heterocycles. The molecule has 4 rings (SSSR count). The molecular weight excluding hydrogens is 480 g/mol. The number of carbonyl (C=O) groups is 3. The van der Waals surface area contributed by atoms with E-state index in [-0.39, 0.29) is 5.57 Å². The molecule has 194 valence electrons. The zero-order chi connectivity index (χ0) is 27.2. The maximum absolute atomic E-state index is 13.3. The number of nitrogens with one attached hydrogen (secondary N) is 1. The molecular formula is C31H30N2O5. The fourth-order valence-corrected chi connectivity index (χ4v) is 4.17. The number of carbonyl (C=O) groups excluding carboxylic acids is 3. The topological polar surface area (TPSA) is 84.9 Å². The van der Waals surface area contributed by atoms with Gasteiger partial charge in [0.15, 0.2) is 11.5 Å². The number of anilines is 1. The molecule has 1 heterocycles. The van der Waals surface area contributed by atoms with Crippen LogP contribution in [0.15, 0.2) is 78.9 Å². The lowest BCUT2D eigenvalue weighted by Gasteiger charge is -2.26. The zero-order valence-corrected chi connectivity index (χ0v) is 21.7. The number of aryl methyl sites for hydroxylation is 2. The molecule has 4 amide bonds. The fourth-order valence-electron chi connectivity index (χ4n) is 4.17. The van der Waals surface area contributed by atoms with E-state index in [1.54, 1.807) is 24.3 Å². The zero-order valence-electron chi connectivity index (χ0n) is 21.7. The van der Waals surface area contributed by atoms with Crippen molar-refractivity contribution >= 4 is 29.6 Å². The number of amides is 4. The molecule has 1 saturated heterocycles. The van der Waals surface area contributed by atoms with Crippen LogP contribution in [0.2, 0.25) is 0 Å². The number of barbiturate groups is 1. The Morgan fingerprint density at radius 1 is 0.974 bits per heavy atom. The average Bonchev–Trinajstić information content (AvgIpc) is 2.91. The molecule has 0 bridgehead atoms. The molecule has 0 aliphatic carbocycles. The van der Waals surface area contributed by atoms with Gasteiger partial charge in [-0.05, 0) is 66.8 Å². The van der Waals surface area contributed by atoms with E-state index in [9.17, 15) is 14.4 Å². The van der Waals surface area contributed by atoms with Gasteiger partial charge in [-0.1, -0.05) is 55.0 Å². The lowest BCUT2D eigenvalue weighted by atomic mass is 10.0. The van der Waals surface area contributed by atoms with E-state index in [2.05, 4.69) is 11.9 Å². The van der Waals surface area contributed by atoms with Gasteiger partial charge in [0.05, 0.1) is 12.8 Å². The van der Waals surface area contributed by atoms with Gasteiger partial charge in [-0.25, -0.2) is 9.69 Å². The molecule has 38 heavy (non-hydrogen) atoms. The van der Waals surface area contributed by atoms with E-state index in [0.717, 1.165) is 33.6 Å². The number of ether oxygens (including phenoxy) is 2. The minimum atomic E-state index is -0.786. The summed E-state index contributed by atoms with van der Waals surface area (Å²) in [7, 11) is 1.53. The lowest BCUT2D eigenvalue weighted by Crippen LogP contribution is -2.54. The van der Waals surface area contributed by atoms with Crippen LogP contribution in [0, 0.1) is 6.92 Å². The van der Waals surface area contributed by atoms with Gasteiger partial charge in [0.1, 0.15) is 12.2 Å². The van der Waals surface area contributed by atoms with Gasteiger partial charge in [-0.3, -0.25) is 14.9 Å². The van der Waals surface area contributed by atoms with E-state index in [1.807, 2.05) is 56.3 Å². The Kier molecular flexibility index (Phi) is 8.06. The summed E-state index contributed by atoms with van der Waals surface area (Å²) in [5.74, 6) is -0.449. The normalized spacial score (nSPS) is 14.4. The van der Waals surface area contributed by atoms with Crippen LogP contribution < -0.4 is 19.7 Å². The minimum absolute atomic E-state index is 0.163. The van der Waals surface area contributed by atoms with Crippen LogP contribution in [-0.4, -0.2) is 25.0 Å². The first-order chi connectivity index (χ1) is 18.3. The Balaban J connectivity index is 1.68. The third kappa shape index (κ3) is 5.67. The summed E-state index contributed by atoms with van der Waals surface area (Å²) in [6, 6.07) is 17.8. The van der Waals surface area contributed by atoms with Crippen molar-refractivity contribution in [1.82, 2.24) is 5.32 Å². The number of nitrogens with zero attached hydrogens (tertiary/aromatic N) is 1. The van der Waals surface area contributed by atoms with E-state index in [0.29, 0.717) is 35.8 Å². The summed E-state index contributed by atoms with van der Waals surface area (Å²) in [4.78, 5) is 39.5. The first-order valence-electron chi connectivity index (χ1n) is 12.3. The van der Waals surface area contributed by atoms with Crippen molar-refractivity contribution in [2.45, 2.75) is 33.3 Å². The largest absolute Gasteiger partial charge is 0.493 e. The monoisotopic (exact) mass is 510 g/mol. The Morgan fingerprint density at radius 3 is 2.29 bits per heavy atom. The molecule has 1 aliphatic rings. The van der Waals surface area contributed by atoms with E-state index in [1.165, 1.54) is 13.2 Å². The van der Waals surface area contributed by atoms with Crippen LogP contribution in [0.5, 0.6) is 11.5 Å². The minimum Gasteiger partial charge on any atom is -0.493 e. The van der Waals surface area contributed by atoms with E-state index in [4.69, 9.17) is 9.47 Å². The molecule has 1 N–H and O–H groups in total. The number of imide groups is 2. The van der Waals surface area contributed by atoms with Crippen molar-refractivity contribution in [3.05, 3.63) is 107 Å². The third-order valence-electron chi connectivity index (χ3n) is 6.26. The Hall–Kier alpha value is -4.65. The SMILES string of the molecule is C=CCc1cc(/C=C2/C(=O)NC(=O)N(c3ccc(CC)cc3)C2=O)cc(OC)c1OCc1ccc(C)cc1. The molecule has 3 aromatic carbocycles. The summed E-state index contributed by atoms with van der Waals surface area (Å²) >= 11 is 0. The number of hydrogen-bond acceptors (Lipinski definition) is 5. The number of hydrogen-bond donors (Lipinski definition) is 1. The predicted octanol–water partition coefficient (Wildman–Crippen LogP) is 5.54. The summed E-state index contributed by atoms with van der Waals surface area (Å²) in [5, 5.41) is 2.27. The van der Waals surface area contributed by atoms with Crippen LogP contribution in [-0.2, 0) is 29.0 Å². The van der Waals surface area contributed by atoms with Gasteiger partial charge in [0.25, 0.3) is 11.8 Å². The van der Waals surface area contributed by atoms with Crippen LogP contribution >= 0.6 is 0 Å². The van der Waals surface area contributed by atoms with Crippen LogP contribution in [0.4, 0.5) is 10.5 Å². The smallest absolute Gasteiger partial charge is 0.335 e. The third-order valence-corrected chi connectivity index (χ3v) is 6.26. The van der Waals surface area contributed by atoms with Crippen molar-refractivity contribution in [3.63, 3.8) is 0 Å². The summed E-state index contributed by atoms with van der Waals surface area (Å²) < 4.78 is 11.8. The first-order valence-corrected chi connectivity index (χ1v) is 12.3. The second kappa shape index (κ2) is 11.6. The van der Waals surface area contributed by atoms with Crippen LogP contribution in [0.1, 0.15) is 34.7 Å². The number of benzene rings is 3. The Bertz CT molecular complexity index is 1410. The van der Waals surface area contributed by atoms with Crippen LogP contribution in [0.25, 0.3) is 6.08 Å². The first kappa shape index (κ1) is 26.4. The highest BCUT2D eigenvalue weighted by molar-refractivity contribution is 6.39. The van der Waals surface area contributed by atoms with Gasteiger partial charge < -0.3 is 9.47 Å². The fraction of sp³-hybridized carbons (Fsp3) is 0.194. The Morgan fingerprint density at radius 2 is 1.66 bits per heavy atom. The maximum Gasteiger partial charge on any atom is 0.335 e. The number of allylic oxidation sites excluding steroid dienone is 1. The summed E-state index contributed by atoms with van der Waals surface area (Å²) in [5.41, 5.74) is 4.79. The molecule has 0 saturated carbocycles. The standard InChI is InChI=1S/C31H30N2O5/c1-5-7-24-16-23(18-27(37-4)28(24)38-19-22-10-8-20(3)9-11-22)17-26-29(34)32-31(36)33(30(26)35)25-14-12-21(6-2)13-15-25/h5,8-18H,1,6-7,19H2,2-4H3,(H,32,34,36)/b26-17-. The highest BCUT2D eigenvalue weighted by atomic mass is 16.5. The molecule has 1 fully saturated rings. The molecule has 0 aromatic heterocycles. The quantitative estimate of drug-likeness (QED) is 0.232. The number of urea groups is 1. The van der Waals surface area contributed by atoms with Crippen molar-refractivity contribution in [3.8, 4) is 11.5 Å². The molecule has 7 nitrogen and oxygen atoms in total. The highest BCUT2D eigenvalue weighted by Crippen LogP contribution is 2.35. The average molecular weight is 511 g/mol. The lowest BCUT2D eigenvalue weighted by molar-refractivity contribution is -0.122. The van der Waals surface area contributed by atoms with Gasteiger partial charge >= 0.3 is 6.03 Å². The second-order valence-corrected chi connectivity index (χ2v) is 8.96. The van der Waals surface area contributed by atoms with Crippen molar-refractivity contribution < 1.29 is 23.9 Å². The van der Waals surface area contributed by atoms with E-state index >= 15 is 0 Å². The number of rotatable bonds is 9. The molecule has 0 radical (unpaired) electrons. The highest BCUT2D eigenvalue weighted by Gasteiger charge is 2.36. The Labute approximate surface area is 222 Å². The summed E-state index contributed by atoms with van der Waals surface area (Å²) in [6.07, 6.45) is 4.49. The summed E-state index contributed by atoms with van der Waals surface area (Å²) in [6.45, 7) is 8.22. The molecule has 0 unspecified atom stereocenters. The number of methoxy groups -OCH3 is 1. The van der Waals surface area contributed by atoms with Crippen LogP contribution in [0.3, 0.4) is 0 Å². The molecule has 0 atom stereocenters. The van der Waals surface area contributed by atoms with Crippen molar-refractivity contribution in [2.24, 2.45) is 0 Å². The second-order valence-electron chi connectivity index (χ2n) is 8.96.